The van der Waals surface area contributed by atoms with E-state index in [1.165, 1.54) is 18.6 Å². The molecule has 1 aliphatic rings. The van der Waals surface area contributed by atoms with Gasteiger partial charge in [0, 0.05) is 11.6 Å². The molecule has 1 saturated carbocycles. The number of carbonyl (C=O) groups is 1. The van der Waals surface area contributed by atoms with Crippen LogP contribution in [-0.2, 0) is 4.79 Å². The molecule has 1 aromatic carbocycles. The van der Waals surface area contributed by atoms with Gasteiger partial charge in [0.15, 0.2) is 11.6 Å². The van der Waals surface area contributed by atoms with Gasteiger partial charge < -0.3 is 9.84 Å². The first-order valence-corrected chi connectivity index (χ1v) is 7.46. The van der Waals surface area contributed by atoms with Gasteiger partial charge in [-0.1, -0.05) is 31.9 Å². The van der Waals surface area contributed by atoms with Gasteiger partial charge in [-0.3, -0.25) is 0 Å². The van der Waals surface area contributed by atoms with Crippen LogP contribution in [0.4, 0.5) is 4.39 Å². The molecule has 0 amide bonds. The Morgan fingerprint density at radius 3 is 3.00 bits per heavy atom. The highest BCUT2D eigenvalue weighted by atomic mass is 19.1. The van der Waals surface area contributed by atoms with Crippen molar-refractivity contribution in [2.45, 2.75) is 45.1 Å². The fourth-order valence-corrected chi connectivity index (χ4v) is 2.83. The maximum atomic E-state index is 14.0. The highest BCUT2D eigenvalue weighted by Crippen LogP contribution is 2.32. The number of halogens is 1. The normalized spacial score (nSPS) is 22.4. The van der Waals surface area contributed by atoms with Crippen molar-refractivity contribution in [1.82, 2.24) is 0 Å². The van der Waals surface area contributed by atoms with Crippen LogP contribution >= 0.6 is 0 Å². The first-order chi connectivity index (χ1) is 10.1. The molecule has 0 spiro atoms. The number of ether oxygens (including phenoxy) is 1. The van der Waals surface area contributed by atoms with Crippen molar-refractivity contribution in [3.63, 3.8) is 0 Å². The lowest BCUT2D eigenvalue weighted by Gasteiger charge is -2.29. The van der Waals surface area contributed by atoms with Gasteiger partial charge in [0.25, 0.3) is 0 Å². The Kier molecular flexibility index (Phi) is 5.37. The summed E-state index contributed by atoms with van der Waals surface area (Å²) in [4.78, 5) is 10.6. The molecule has 0 radical (unpaired) electrons. The van der Waals surface area contributed by atoms with E-state index in [1.807, 2.05) is 0 Å². The summed E-state index contributed by atoms with van der Waals surface area (Å²) >= 11 is 0. The lowest BCUT2D eigenvalue weighted by Crippen LogP contribution is -2.25. The number of aliphatic carboxylic acids is 1. The predicted molar refractivity (Wildman–Crippen MR) is 79.7 cm³/mol. The second-order valence-electron chi connectivity index (χ2n) is 5.51. The first kappa shape index (κ1) is 15.5. The molecule has 4 heteroatoms. The minimum atomic E-state index is -1.06. The molecular formula is C17H21FO3. The molecule has 0 heterocycles. The fourth-order valence-electron chi connectivity index (χ4n) is 2.83. The van der Waals surface area contributed by atoms with Crippen molar-refractivity contribution >= 4 is 12.0 Å². The third-order valence-corrected chi connectivity index (χ3v) is 4.00. The molecular weight excluding hydrogens is 271 g/mol. The molecule has 0 bridgehead atoms. The summed E-state index contributed by atoms with van der Waals surface area (Å²) in [7, 11) is 0. The highest BCUT2D eigenvalue weighted by Gasteiger charge is 2.23. The van der Waals surface area contributed by atoms with E-state index in [0.717, 1.165) is 31.8 Å². The molecule has 2 atom stereocenters. The van der Waals surface area contributed by atoms with Gasteiger partial charge in [-0.05, 0) is 37.3 Å². The van der Waals surface area contributed by atoms with Gasteiger partial charge in [0.1, 0.15) is 0 Å². The second kappa shape index (κ2) is 7.25. The maximum Gasteiger partial charge on any atom is 0.328 e. The van der Waals surface area contributed by atoms with Crippen LogP contribution in [0.15, 0.2) is 24.3 Å². The van der Waals surface area contributed by atoms with Crippen LogP contribution in [-0.4, -0.2) is 17.2 Å². The van der Waals surface area contributed by atoms with Crippen LogP contribution in [0.1, 0.15) is 44.6 Å². The average molecular weight is 292 g/mol. The smallest absolute Gasteiger partial charge is 0.328 e. The SMILES string of the molecule is CCC1CCCC(Oc2c(F)cccc2/C=C/C(=O)O)C1. The third kappa shape index (κ3) is 4.31. The van der Waals surface area contributed by atoms with Gasteiger partial charge in [-0.2, -0.15) is 0 Å². The molecule has 1 fully saturated rings. The average Bonchev–Trinajstić information content (AvgIpc) is 2.48. The second-order valence-corrected chi connectivity index (χ2v) is 5.51. The van der Waals surface area contributed by atoms with Crippen LogP contribution in [0.25, 0.3) is 6.08 Å². The number of carboxylic acid groups (broad SMARTS) is 1. The third-order valence-electron chi connectivity index (χ3n) is 4.00. The monoisotopic (exact) mass is 292 g/mol. The minimum absolute atomic E-state index is 0.0116. The zero-order valence-electron chi connectivity index (χ0n) is 12.2. The number of carboxylic acids is 1. The number of hydrogen-bond acceptors (Lipinski definition) is 2. The zero-order valence-corrected chi connectivity index (χ0v) is 12.2. The van der Waals surface area contributed by atoms with E-state index < -0.39 is 11.8 Å². The van der Waals surface area contributed by atoms with E-state index >= 15 is 0 Å². The molecule has 114 valence electrons. The summed E-state index contributed by atoms with van der Waals surface area (Å²) in [5.41, 5.74) is 0.469. The van der Waals surface area contributed by atoms with Crippen LogP contribution in [0.5, 0.6) is 5.75 Å². The Morgan fingerprint density at radius 2 is 2.29 bits per heavy atom. The van der Waals surface area contributed by atoms with Crippen molar-refractivity contribution in [2.24, 2.45) is 5.92 Å². The van der Waals surface area contributed by atoms with Crippen molar-refractivity contribution in [3.8, 4) is 5.75 Å². The van der Waals surface area contributed by atoms with E-state index in [-0.39, 0.29) is 11.9 Å². The van der Waals surface area contributed by atoms with Crippen molar-refractivity contribution < 1.29 is 19.0 Å². The largest absolute Gasteiger partial charge is 0.487 e. The number of hydrogen-bond donors (Lipinski definition) is 1. The van der Waals surface area contributed by atoms with Crippen LogP contribution in [0.3, 0.4) is 0 Å². The fraction of sp³-hybridized carbons (Fsp3) is 0.471. The molecule has 0 saturated heterocycles. The van der Waals surface area contributed by atoms with Crippen LogP contribution < -0.4 is 4.74 Å². The lowest BCUT2D eigenvalue weighted by atomic mass is 9.85. The number of rotatable bonds is 5. The quantitative estimate of drug-likeness (QED) is 0.824. The van der Waals surface area contributed by atoms with Gasteiger partial charge >= 0.3 is 5.97 Å². The summed E-state index contributed by atoms with van der Waals surface area (Å²) in [6.45, 7) is 2.16. The minimum Gasteiger partial charge on any atom is -0.487 e. The van der Waals surface area contributed by atoms with Gasteiger partial charge in [0.05, 0.1) is 6.10 Å². The van der Waals surface area contributed by atoms with Crippen LogP contribution in [0.2, 0.25) is 0 Å². The number of benzene rings is 1. The summed E-state index contributed by atoms with van der Waals surface area (Å²) in [5.74, 6) is -0.708. The maximum absolute atomic E-state index is 14.0. The Balaban J connectivity index is 2.16. The Hall–Kier alpha value is -1.84. The Labute approximate surface area is 124 Å². The van der Waals surface area contributed by atoms with Crippen molar-refractivity contribution in [2.75, 3.05) is 0 Å². The molecule has 2 rings (SSSR count). The summed E-state index contributed by atoms with van der Waals surface area (Å²) in [6, 6.07) is 4.56. The zero-order chi connectivity index (χ0) is 15.2. The Bertz CT molecular complexity index is 525. The molecule has 1 N–H and O–H groups in total. The molecule has 2 unspecified atom stereocenters. The molecule has 21 heavy (non-hydrogen) atoms. The van der Waals surface area contributed by atoms with Gasteiger partial charge in [-0.15, -0.1) is 0 Å². The summed E-state index contributed by atoms with van der Waals surface area (Å²) in [6.07, 6.45) is 7.66. The van der Waals surface area contributed by atoms with E-state index in [2.05, 4.69) is 6.92 Å². The predicted octanol–water partition coefficient (Wildman–Crippen LogP) is 4.27. The highest BCUT2D eigenvalue weighted by molar-refractivity contribution is 5.85. The molecule has 1 aliphatic carbocycles. The standard InChI is InChI=1S/C17H21FO3/c1-2-12-5-3-7-14(11-12)21-17-13(9-10-16(19)20)6-4-8-15(17)18/h4,6,8-10,12,14H,2-3,5,7,11H2,1H3,(H,19,20)/b10-9+. The number of para-hydroxylation sites is 1. The Morgan fingerprint density at radius 1 is 1.48 bits per heavy atom. The molecule has 3 nitrogen and oxygen atoms in total. The van der Waals surface area contributed by atoms with Crippen molar-refractivity contribution in [3.05, 3.63) is 35.7 Å². The first-order valence-electron chi connectivity index (χ1n) is 7.46. The molecule has 1 aromatic rings. The lowest BCUT2D eigenvalue weighted by molar-refractivity contribution is -0.131. The van der Waals surface area contributed by atoms with Gasteiger partial charge in [-0.25, -0.2) is 9.18 Å². The summed E-state index contributed by atoms with van der Waals surface area (Å²) < 4.78 is 19.9. The van der Waals surface area contributed by atoms with E-state index in [9.17, 15) is 9.18 Å². The van der Waals surface area contributed by atoms with Crippen molar-refractivity contribution in [1.29, 1.82) is 0 Å². The van der Waals surface area contributed by atoms with Crippen LogP contribution in [0, 0.1) is 11.7 Å². The van der Waals surface area contributed by atoms with E-state index in [1.54, 1.807) is 12.1 Å². The molecule has 0 aliphatic heterocycles. The van der Waals surface area contributed by atoms with Gasteiger partial charge in [0.2, 0.25) is 0 Å². The summed E-state index contributed by atoms with van der Waals surface area (Å²) in [5, 5.41) is 8.70. The molecule has 0 aromatic heterocycles. The van der Waals surface area contributed by atoms with E-state index in [4.69, 9.17) is 9.84 Å². The topological polar surface area (TPSA) is 46.5 Å². The van der Waals surface area contributed by atoms with E-state index in [0.29, 0.717) is 11.5 Å².